The van der Waals surface area contributed by atoms with Crippen LogP contribution in [0.5, 0.6) is 0 Å². The average molecular weight is 1120 g/mol. The number of carbonyl (C=O) groups is 2. The number of aromatic nitrogens is 2. The number of aliphatic hydroxyl groups is 4. The van der Waals surface area contributed by atoms with Crippen molar-refractivity contribution in [2.24, 2.45) is 22.9 Å². The minimum absolute atomic E-state index is 0.0396. The van der Waals surface area contributed by atoms with E-state index in [4.69, 9.17) is 37.4 Å². The van der Waals surface area contributed by atoms with Gasteiger partial charge in [0.05, 0.1) is 58.4 Å². The molecule has 0 aromatic carbocycles. The highest BCUT2D eigenvalue weighted by Crippen LogP contribution is 2.42. The van der Waals surface area contributed by atoms with Crippen molar-refractivity contribution >= 4 is 44.6 Å². The average Bonchev–Trinajstić information content (AvgIpc) is 3.36. The summed E-state index contributed by atoms with van der Waals surface area (Å²) in [5.74, 6) is -6.85. The lowest BCUT2D eigenvalue weighted by Gasteiger charge is -2.49. The number of aliphatic hydroxyl groups excluding tert-OH is 2. The third-order valence-corrected chi connectivity index (χ3v) is 16.5. The Bertz CT molecular complexity index is 2550. The number of halogens is 1. The second-order valence-electron chi connectivity index (χ2n) is 21.6. The minimum atomic E-state index is -4.29. The molecule has 26 heteroatoms. The fourth-order valence-electron chi connectivity index (χ4n) is 10.9. The van der Waals surface area contributed by atoms with Crippen molar-refractivity contribution in [2.45, 2.75) is 186 Å². The number of pyridine rings is 2. The predicted molar refractivity (Wildman–Crippen MR) is 279 cm³/mol. The molecule has 17 atom stereocenters. The summed E-state index contributed by atoms with van der Waals surface area (Å²) in [5, 5.41) is 67.3. The maximum atomic E-state index is 15.1. The Morgan fingerprint density at radius 2 is 1.68 bits per heavy atom. The molecule has 0 radical (unpaired) electrons. The number of methoxy groups -OCH3 is 1. The Balaban J connectivity index is 1.36. The smallest absolute Gasteiger partial charge is 0.341 e. The van der Waals surface area contributed by atoms with Crippen molar-refractivity contribution in [3.05, 3.63) is 33.9 Å². The zero-order valence-electron chi connectivity index (χ0n) is 46.7. The zero-order chi connectivity index (χ0) is 57.7. The quantitative estimate of drug-likeness (QED) is 0.0459. The number of carboxylic acid groups (broad SMARTS) is 1. The van der Waals surface area contributed by atoms with Gasteiger partial charge in [0.2, 0.25) is 5.43 Å². The number of nitrogens with zero attached hydrogens (tertiary/aromatic N) is 4. The maximum Gasteiger partial charge on any atom is 0.341 e. The summed E-state index contributed by atoms with van der Waals surface area (Å²) >= 11 is 0. The number of likely N-dealkylation sites (N-methyl/N-ethyl adjacent to an activating group) is 1. The Kier molecular flexibility index (Phi) is 21.6. The van der Waals surface area contributed by atoms with Crippen LogP contribution in [0.4, 0.5) is 10.2 Å². The molecule has 0 aliphatic carbocycles. The van der Waals surface area contributed by atoms with Gasteiger partial charge in [-0.05, 0) is 87.9 Å². The topological polar surface area (TPSA) is 318 Å². The molecule has 5 rings (SSSR count). The number of rotatable bonds is 19. The summed E-state index contributed by atoms with van der Waals surface area (Å²) < 4.78 is 87.6. The number of aromatic carboxylic acids is 1. The molecule has 3 aliphatic rings. The highest BCUT2D eigenvalue weighted by molar-refractivity contribution is 7.86. The number of ether oxygens (including phenoxy) is 6. The van der Waals surface area contributed by atoms with E-state index in [9.17, 15) is 48.3 Å². The highest BCUT2D eigenvalue weighted by Gasteiger charge is 2.54. The lowest BCUT2D eigenvalue weighted by atomic mass is 9.75. The predicted octanol–water partition coefficient (Wildman–Crippen LogP) is 2.21. The van der Waals surface area contributed by atoms with Gasteiger partial charge in [0.25, 0.3) is 10.1 Å². The van der Waals surface area contributed by atoms with Crippen molar-refractivity contribution in [3.8, 4) is 0 Å². The van der Waals surface area contributed by atoms with Crippen LogP contribution < -0.4 is 16.1 Å². The second-order valence-corrected chi connectivity index (χ2v) is 23.3. The third-order valence-electron chi connectivity index (χ3n) is 15.3. The van der Waals surface area contributed by atoms with Crippen LogP contribution in [0.2, 0.25) is 0 Å². The SMILES string of the molecule is CC[C@H]1OC(=O)[C@H](C)[C@@H](O[C@H]2C[C@@](C)(OC)[C@@H](OS(=O)(=O)CCNCCNc3nc4c(cc3F)c(=O)c(C(=O)O)cn4CC)[C@H](C)O2)[C@H](C)[C@@H](O[C@@H]2O[C@H](C)C[C@H](N(C)C)[C@H]2O)[C@](C)(O)C[C@@H](C)/C(=N\OC)[C@@H](O)[C@]1(C)O. The molecule has 5 heterocycles. The number of hydrogen-bond donors (Lipinski definition) is 7. The van der Waals surface area contributed by atoms with E-state index >= 15 is 4.39 Å². The van der Waals surface area contributed by atoms with Crippen LogP contribution in [0.3, 0.4) is 0 Å². The van der Waals surface area contributed by atoms with Gasteiger partial charge in [0, 0.05) is 63.8 Å². The van der Waals surface area contributed by atoms with Gasteiger partial charge in [-0.15, -0.1) is 0 Å². The Morgan fingerprint density at radius 1 is 1.00 bits per heavy atom. The monoisotopic (exact) mass is 1120 g/mol. The second kappa shape index (κ2) is 26.0. The van der Waals surface area contributed by atoms with Crippen molar-refractivity contribution < 1.29 is 85.4 Å². The number of carbonyl (C=O) groups excluding carboxylic acids is 1. The van der Waals surface area contributed by atoms with Crippen LogP contribution in [0.25, 0.3) is 11.0 Å². The molecule has 2 aromatic rings. The normalized spacial score (nSPS) is 36.5. The number of oxime groups is 1. The molecule has 0 bridgehead atoms. The van der Waals surface area contributed by atoms with Crippen LogP contribution in [-0.4, -0.2) is 204 Å². The van der Waals surface area contributed by atoms with Gasteiger partial charge >= 0.3 is 11.9 Å². The van der Waals surface area contributed by atoms with E-state index in [1.54, 1.807) is 41.5 Å². The Morgan fingerprint density at radius 3 is 2.27 bits per heavy atom. The van der Waals surface area contributed by atoms with Gasteiger partial charge in [-0.3, -0.25) is 13.8 Å². The van der Waals surface area contributed by atoms with E-state index in [-0.39, 0.29) is 74.1 Å². The first-order valence-electron chi connectivity index (χ1n) is 26.2. The molecule has 7 N–H and O–H groups in total. The fourth-order valence-corrected chi connectivity index (χ4v) is 12.0. The molecule has 0 spiro atoms. The summed E-state index contributed by atoms with van der Waals surface area (Å²) in [7, 11) is 1.99. The van der Waals surface area contributed by atoms with E-state index in [0.717, 1.165) is 12.3 Å². The van der Waals surface area contributed by atoms with E-state index in [2.05, 4.69) is 20.8 Å². The standard InChI is InChI=1S/C51H83FN6O18S/c1-15-35-51(10,66)41(61)37(56-70-14)26(3)23-49(8,65)42(75-48-39(60)34(57(11)12)21-27(4)71-48)28(5)40(29(6)47(64)73-35)74-36-24-50(9,69-13)43(30(7)72-36)76-77(67,68)20-19-53-17-18-54-44-33(52)22-31-38(59)32(46(62)63)25-58(16-2)45(31)55-44/h22,25-30,34-36,39-43,48,53,60-61,65-66H,15-21,23-24H2,1-14H3,(H,54,55)(H,62,63)/b56-37+/t26-,27-,28+,29-,30+,34+,35-,36+,39-,40+,41-,42-,43+,48+,49-,50-,51-/m1/s1. The molecule has 3 saturated heterocycles. The number of cyclic esters (lactones) is 1. The van der Waals surface area contributed by atoms with Gasteiger partial charge in [-0.25, -0.2) is 14.2 Å². The van der Waals surface area contributed by atoms with Gasteiger partial charge < -0.3 is 78.9 Å². The molecule has 77 heavy (non-hydrogen) atoms. The molecule has 3 aliphatic heterocycles. The van der Waals surface area contributed by atoms with Crippen molar-refractivity contribution in [1.82, 2.24) is 19.8 Å². The number of hydrogen-bond acceptors (Lipinski definition) is 22. The molecule has 3 fully saturated rings. The Labute approximate surface area is 450 Å². The number of aryl methyl sites for hydroxylation is 1. The molecule has 438 valence electrons. The van der Waals surface area contributed by atoms with Gasteiger partial charge in [-0.2, -0.15) is 8.42 Å². The van der Waals surface area contributed by atoms with Crippen LogP contribution >= 0.6 is 0 Å². The van der Waals surface area contributed by atoms with Crippen LogP contribution in [0, 0.1) is 23.6 Å². The highest BCUT2D eigenvalue weighted by atomic mass is 32.2. The lowest BCUT2D eigenvalue weighted by Crippen LogP contribution is -2.61. The van der Waals surface area contributed by atoms with Gasteiger partial charge in [0.15, 0.2) is 24.2 Å². The minimum Gasteiger partial charge on any atom is -0.477 e. The molecule has 2 aromatic heterocycles. The Hall–Kier alpha value is -4.03. The molecular formula is C51H83FN6O18S. The molecule has 24 nitrogen and oxygen atoms in total. The van der Waals surface area contributed by atoms with Crippen LogP contribution in [-0.2, 0) is 58.9 Å². The first kappa shape index (κ1) is 63.8. The first-order valence-corrected chi connectivity index (χ1v) is 27.7. The summed E-state index contributed by atoms with van der Waals surface area (Å²) in [5.41, 5.74) is -6.73. The van der Waals surface area contributed by atoms with E-state index < -0.39 is 141 Å². The van der Waals surface area contributed by atoms with Crippen LogP contribution in [0.1, 0.15) is 105 Å². The third kappa shape index (κ3) is 14.7. The van der Waals surface area contributed by atoms with Crippen LogP contribution in [0.15, 0.2) is 22.2 Å². The van der Waals surface area contributed by atoms with E-state index in [0.29, 0.717) is 6.42 Å². The number of nitrogens with one attached hydrogen (secondary N) is 2. The van der Waals surface area contributed by atoms with Gasteiger partial charge in [0.1, 0.15) is 48.3 Å². The van der Waals surface area contributed by atoms with E-state index in [1.807, 2.05) is 25.9 Å². The maximum absolute atomic E-state index is 15.1. The molecule has 0 saturated carbocycles. The first-order chi connectivity index (χ1) is 35.9. The fraction of sp³-hybridized carbons (Fsp3) is 0.784. The number of esters is 1. The molecular weight excluding hydrogens is 1040 g/mol. The van der Waals surface area contributed by atoms with Crippen molar-refractivity contribution in [2.75, 3.05) is 59.0 Å². The number of carboxylic acids is 1. The number of fused-ring (bicyclic) bond motifs is 1. The summed E-state index contributed by atoms with van der Waals surface area (Å²) in [6, 6.07) is 0.526. The number of anilines is 1. The zero-order valence-corrected chi connectivity index (χ0v) is 47.5. The van der Waals surface area contributed by atoms with Gasteiger partial charge in [-0.1, -0.05) is 25.9 Å². The summed E-state index contributed by atoms with van der Waals surface area (Å²) in [6.07, 6.45) is -10.5. The van der Waals surface area contributed by atoms with E-state index in [1.165, 1.54) is 39.6 Å². The lowest BCUT2D eigenvalue weighted by molar-refractivity contribution is -0.316. The van der Waals surface area contributed by atoms with Crippen molar-refractivity contribution in [3.63, 3.8) is 0 Å². The summed E-state index contributed by atoms with van der Waals surface area (Å²) in [6.45, 7) is 16.5. The largest absolute Gasteiger partial charge is 0.477 e. The molecule has 0 unspecified atom stereocenters. The van der Waals surface area contributed by atoms with Crippen molar-refractivity contribution in [1.29, 1.82) is 0 Å². The summed E-state index contributed by atoms with van der Waals surface area (Å²) in [4.78, 5) is 50.0. The molecule has 0 amide bonds.